The first-order chi connectivity index (χ1) is 8.99. The van der Waals surface area contributed by atoms with E-state index in [1.165, 1.54) is 4.90 Å². The van der Waals surface area contributed by atoms with Crippen LogP contribution in [-0.4, -0.2) is 31.0 Å². The van der Waals surface area contributed by atoms with Gasteiger partial charge in [-0.2, -0.15) is 0 Å². The van der Waals surface area contributed by atoms with Gasteiger partial charge in [0.2, 0.25) is 0 Å². The van der Waals surface area contributed by atoms with Crippen molar-refractivity contribution in [2.24, 2.45) is 5.92 Å². The van der Waals surface area contributed by atoms with Crippen LogP contribution in [-0.2, 0) is 4.79 Å². The van der Waals surface area contributed by atoms with Crippen LogP contribution in [0.5, 0.6) is 11.5 Å². The number of methoxy groups -OCH3 is 1. The van der Waals surface area contributed by atoms with Crippen molar-refractivity contribution in [2.45, 2.75) is 20.0 Å². The quantitative estimate of drug-likeness (QED) is 0.923. The highest BCUT2D eigenvalue weighted by molar-refractivity contribution is 9.10. The Morgan fingerprint density at radius 1 is 1.53 bits per heavy atom. The number of rotatable bonds is 3. The highest BCUT2D eigenvalue weighted by Gasteiger charge is 2.37. The van der Waals surface area contributed by atoms with Crippen LogP contribution in [0.15, 0.2) is 16.6 Å². The Morgan fingerprint density at radius 3 is 2.74 bits per heavy atom. The van der Waals surface area contributed by atoms with Crippen molar-refractivity contribution in [1.82, 2.24) is 0 Å². The average Bonchev–Trinajstić information content (AvgIpc) is 2.37. The van der Waals surface area contributed by atoms with Gasteiger partial charge in [0.1, 0.15) is 12.5 Å². The number of halogens is 1. The molecule has 1 amide bonds. The maximum Gasteiger partial charge on any atom is 0.270 e. The molecule has 0 bridgehead atoms. The molecule has 1 aromatic carbocycles. The average molecular weight is 330 g/mol. The van der Waals surface area contributed by atoms with Crippen molar-refractivity contribution in [1.29, 1.82) is 0 Å². The number of nitrogens with zero attached hydrogens (tertiary/aromatic N) is 1. The smallest absolute Gasteiger partial charge is 0.270 e. The molecular formula is C13H16BrNO4. The van der Waals surface area contributed by atoms with Crippen LogP contribution < -0.4 is 14.4 Å². The third-order valence-corrected chi connectivity index (χ3v) is 3.61. The van der Waals surface area contributed by atoms with Crippen molar-refractivity contribution in [3.63, 3.8) is 0 Å². The van der Waals surface area contributed by atoms with Crippen LogP contribution in [0.3, 0.4) is 0 Å². The minimum atomic E-state index is -0.593. The summed E-state index contributed by atoms with van der Waals surface area (Å²) in [6, 6.07) is 3.44. The van der Waals surface area contributed by atoms with Crippen LogP contribution in [0.25, 0.3) is 0 Å². The number of anilines is 1. The minimum absolute atomic E-state index is 0.0173. The van der Waals surface area contributed by atoms with Gasteiger partial charge in [0.25, 0.3) is 5.91 Å². The van der Waals surface area contributed by atoms with Crippen LogP contribution in [0.2, 0.25) is 0 Å². The number of aliphatic hydroxyl groups is 1. The molecule has 0 spiro atoms. The molecule has 104 valence electrons. The highest BCUT2D eigenvalue weighted by atomic mass is 79.9. The molecule has 19 heavy (non-hydrogen) atoms. The summed E-state index contributed by atoms with van der Waals surface area (Å²) in [7, 11) is 1.54. The number of carbonyl (C=O) groups excluding carboxylic acids is 1. The third kappa shape index (κ3) is 2.42. The van der Waals surface area contributed by atoms with Gasteiger partial charge in [-0.3, -0.25) is 9.69 Å². The van der Waals surface area contributed by atoms with E-state index in [0.29, 0.717) is 21.7 Å². The van der Waals surface area contributed by atoms with Gasteiger partial charge in [-0.25, -0.2) is 0 Å². The summed E-state index contributed by atoms with van der Waals surface area (Å²) in [5.74, 6) is 0.908. The fraction of sp³-hybridized carbons (Fsp3) is 0.462. The maximum absolute atomic E-state index is 12.3. The fourth-order valence-electron chi connectivity index (χ4n) is 2.01. The van der Waals surface area contributed by atoms with Gasteiger partial charge in [0, 0.05) is 6.07 Å². The summed E-state index contributed by atoms with van der Waals surface area (Å²) in [6.45, 7) is 3.42. The molecule has 0 fully saturated rings. The van der Waals surface area contributed by atoms with Crippen molar-refractivity contribution in [3.05, 3.63) is 16.6 Å². The van der Waals surface area contributed by atoms with Gasteiger partial charge in [-0.15, -0.1) is 0 Å². The van der Waals surface area contributed by atoms with Gasteiger partial charge in [-0.1, -0.05) is 13.8 Å². The molecule has 1 aliphatic rings. The summed E-state index contributed by atoms with van der Waals surface area (Å²) in [6.07, 6.45) is -0.593. The standard InChI is InChI=1S/C13H16BrNO4/c1-7(2)11-13(17)15(6-16)10-5-8(18-3)4-9(14)12(10)19-11/h4-5,7,11,16H,6H2,1-3H3. The van der Waals surface area contributed by atoms with E-state index < -0.39 is 12.8 Å². The Kier molecular flexibility index (Phi) is 4.01. The Labute approximate surface area is 120 Å². The molecule has 2 rings (SSSR count). The molecule has 5 nitrogen and oxygen atoms in total. The minimum Gasteiger partial charge on any atom is -0.497 e. The number of fused-ring (bicyclic) bond motifs is 1. The van der Waals surface area contributed by atoms with E-state index in [1.807, 2.05) is 13.8 Å². The molecule has 0 saturated heterocycles. The second kappa shape index (κ2) is 5.38. The van der Waals surface area contributed by atoms with Crippen LogP contribution >= 0.6 is 15.9 Å². The van der Waals surface area contributed by atoms with E-state index in [4.69, 9.17) is 9.47 Å². The SMILES string of the molecule is COc1cc(Br)c2c(c1)N(CO)C(=O)C(C(C)C)O2. The maximum atomic E-state index is 12.3. The van der Waals surface area contributed by atoms with Gasteiger partial charge in [0.15, 0.2) is 11.9 Å². The predicted octanol–water partition coefficient (Wildman–Crippen LogP) is 2.16. The molecule has 0 saturated carbocycles. The summed E-state index contributed by atoms with van der Waals surface area (Å²) >= 11 is 3.40. The van der Waals surface area contributed by atoms with E-state index in [1.54, 1.807) is 19.2 Å². The zero-order valence-electron chi connectivity index (χ0n) is 11.0. The molecule has 1 atom stereocenters. The number of benzene rings is 1. The summed E-state index contributed by atoms with van der Waals surface area (Å²) in [5.41, 5.74) is 0.510. The highest BCUT2D eigenvalue weighted by Crippen LogP contribution is 2.43. The van der Waals surface area contributed by atoms with E-state index in [-0.39, 0.29) is 11.8 Å². The molecule has 0 radical (unpaired) electrons. The molecule has 1 heterocycles. The lowest BCUT2D eigenvalue weighted by molar-refractivity contribution is -0.129. The lowest BCUT2D eigenvalue weighted by Gasteiger charge is -2.35. The Morgan fingerprint density at radius 2 is 2.21 bits per heavy atom. The second-order valence-electron chi connectivity index (χ2n) is 4.65. The first kappa shape index (κ1) is 14.1. The first-order valence-corrected chi connectivity index (χ1v) is 6.75. The second-order valence-corrected chi connectivity index (χ2v) is 5.50. The summed E-state index contributed by atoms with van der Waals surface area (Å²) in [5, 5.41) is 9.46. The fourth-order valence-corrected chi connectivity index (χ4v) is 2.53. The first-order valence-electron chi connectivity index (χ1n) is 5.96. The van der Waals surface area contributed by atoms with E-state index >= 15 is 0 Å². The number of hydrogen-bond acceptors (Lipinski definition) is 4. The Bertz CT molecular complexity index is 504. The number of amides is 1. The van der Waals surface area contributed by atoms with Crippen molar-refractivity contribution in [2.75, 3.05) is 18.7 Å². The third-order valence-electron chi connectivity index (χ3n) is 3.03. The number of ether oxygens (including phenoxy) is 2. The number of hydrogen-bond donors (Lipinski definition) is 1. The molecule has 1 aromatic rings. The van der Waals surface area contributed by atoms with Gasteiger partial charge in [-0.05, 0) is 27.9 Å². The van der Waals surface area contributed by atoms with Crippen molar-refractivity contribution in [3.8, 4) is 11.5 Å². The molecular weight excluding hydrogens is 314 g/mol. The molecule has 1 aliphatic heterocycles. The zero-order chi connectivity index (χ0) is 14.2. The lowest BCUT2D eigenvalue weighted by atomic mass is 10.0. The Hall–Kier alpha value is -1.27. The monoisotopic (exact) mass is 329 g/mol. The summed E-state index contributed by atoms with van der Waals surface area (Å²) < 4.78 is 11.6. The normalized spacial score (nSPS) is 18.3. The van der Waals surface area contributed by atoms with Crippen LogP contribution in [0.1, 0.15) is 13.8 Å². The van der Waals surface area contributed by atoms with Crippen molar-refractivity contribution >= 4 is 27.5 Å². The van der Waals surface area contributed by atoms with Gasteiger partial charge < -0.3 is 14.6 Å². The molecule has 1 unspecified atom stereocenters. The molecule has 0 aliphatic carbocycles. The topological polar surface area (TPSA) is 59.0 Å². The Balaban J connectivity index is 2.54. The lowest BCUT2D eigenvalue weighted by Crippen LogP contribution is -2.48. The zero-order valence-corrected chi connectivity index (χ0v) is 12.6. The molecule has 0 aromatic heterocycles. The van der Waals surface area contributed by atoms with Crippen molar-refractivity contribution < 1.29 is 19.4 Å². The van der Waals surface area contributed by atoms with Crippen LogP contribution in [0.4, 0.5) is 5.69 Å². The number of carbonyl (C=O) groups is 1. The largest absolute Gasteiger partial charge is 0.497 e. The molecule has 6 heteroatoms. The summed E-state index contributed by atoms with van der Waals surface area (Å²) in [4.78, 5) is 13.6. The number of aliphatic hydroxyl groups excluding tert-OH is 1. The van der Waals surface area contributed by atoms with E-state index in [9.17, 15) is 9.90 Å². The predicted molar refractivity (Wildman–Crippen MR) is 74.5 cm³/mol. The van der Waals surface area contributed by atoms with Gasteiger partial charge >= 0.3 is 0 Å². The van der Waals surface area contributed by atoms with E-state index in [0.717, 1.165) is 0 Å². The van der Waals surface area contributed by atoms with E-state index in [2.05, 4.69) is 15.9 Å². The molecule has 1 N–H and O–H groups in total. The van der Waals surface area contributed by atoms with Crippen LogP contribution in [0, 0.1) is 5.92 Å². The van der Waals surface area contributed by atoms with Gasteiger partial charge in [0.05, 0.1) is 17.3 Å².